The SMILES string of the molecule is O=C(O)C(Cc1cn(C(c2ccccc2)(c2ccccc2)c2ccccc2)cn1)NC(c1ccccc1)(c1ccccc1)c1ccccc1. The first-order valence-electron chi connectivity index (χ1n) is 16.5. The Morgan fingerprint density at radius 3 is 1.20 bits per heavy atom. The van der Waals surface area contributed by atoms with Crippen LogP contribution < -0.4 is 5.32 Å². The number of nitrogens with one attached hydrogen (secondary N) is 1. The fraction of sp³-hybridized carbons (Fsp3) is 0.0909. The van der Waals surface area contributed by atoms with Crippen molar-refractivity contribution in [1.82, 2.24) is 14.9 Å². The molecule has 1 heterocycles. The highest BCUT2D eigenvalue weighted by molar-refractivity contribution is 5.74. The van der Waals surface area contributed by atoms with E-state index in [4.69, 9.17) is 4.98 Å². The van der Waals surface area contributed by atoms with Gasteiger partial charge >= 0.3 is 5.97 Å². The third-order valence-electron chi connectivity index (χ3n) is 9.32. The predicted octanol–water partition coefficient (Wildman–Crippen LogP) is 8.30. The van der Waals surface area contributed by atoms with Crippen LogP contribution in [0.1, 0.15) is 39.1 Å². The highest BCUT2D eigenvalue weighted by Crippen LogP contribution is 2.41. The lowest BCUT2D eigenvalue weighted by molar-refractivity contribution is -0.139. The molecule has 0 radical (unpaired) electrons. The van der Waals surface area contributed by atoms with Crippen molar-refractivity contribution in [2.24, 2.45) is 0 Å². The second-order valence-corrected chi connectivity index (χ2v) is 12.2. The number of aliphatic carboxylic acids is 1. The number of nitrogens with zero attached hydrogens (tertiary/aromatic N) is 2. The Morgan fingerprint density at radius 1 is 0.551 bits per heavy atom. The van der Waals surface area contributed by atoms with Gasteiger partial charge in [0.2, 0.25) is 0 Å². The number of hydrogen-bond donors (Lipinski definition) is 2. The van der Waals surface area contributed by atoms with E-state index in [9.17, 15) is 9.90 Å². The molecule has 2 N–H and O–H groups in total. The molecule has 49 heavy (non-hydrogen) atoms. The molecule has 6 aromatic carbocycles. The molecule has 0 fully saturated rings. The van der Waals surface area contributed by atoms with Gasteiger partial charge < -0.3 is 9.67 Å². The number of imidazole rings is 1. The van der Waals surface area contributed by atoms with Gasteiger partial charge in [-0.05, 0) is 33.4 Å². The van der Waals surface area contributed by atoms with Crippen molar-refractivity contribution >= 4 is 5.97 Å². The molecule has 5 heteroatoms. The van der Waals surface area contributed by atoms with E-state index in [1.165, 1.54) is 0 Å². The molecule has 0 saturated heterocycles. The minimum absolute atomic E-state index is 0.158. The van der Waals surface area contributed by atoms with E-state index in [2.05, 4.69) is 119 Å². The number of rotatable bonds is 12. The maximum atomic E-state index is 13.2. The minimum Gasteiger partial charge on any atom is -0.480 e. The van der Waals surface area contributed by atoms with Crippen LogP contribution in [0, 0.1) is 0 Å². The number of hydrogen-bond acceptors (Lipinski definition) is 3. The molecule has 240 valence electrons. The second kappa shape index (κ2) is 14.0. The fourth-order valence-corrected chi connectivity index (χ4v) is 7.12. The third-order valence-corrected chi connectivity index (χ3v) is 9.32. The maximum absolute atomic E-state index is 13.2. The lowest BCUT2D eigenvalue weighted by Crippen LogP contribution is -2.53. The van der Waals surface area contributed by atoms with Crippen LogP contribution in [0.2, 0.25) is 0 Å². The molecule has 0 aliphatic carbocycles. The lowest BCUT2D eigenvalue weighted by atomic mass is 9.76. The lowest BCUT2D eigenvalue weighted by Gasteiger charge is -2.39. The van der Waals surface area contributed by atoms with Crippen molar-refractivity contribution in [3.63, 3.8) is 0 Å². The Bertz CT molecular complexity index is 1890. The van der Waals surface area contributed by atoms with Crippen molar-refractivity contribution in [2.45, 2.75) is 23.5 Å². The third kappa shape index (κ3) is 5.97. The Morgan fingerprint density at radius 2 is 0.878 bits per heavy atom. The van der Waals surface area contributed by atoms with Crippen molar-refractivity contribution in [3.8, 4) is 0 Å². The molecule has 7 aromatic rings. The smallest absolute Gasteiger partial charge is 0.321 e. The van der Waals surface area contributed by atoms with E-state index in [0.717, 1.165) is 33.4 Å². The minimum atomic E-state index is -0.983. The van der Waals surface area contributed by atoms with Crippen LogP contribution in [-0.2, 0) is 22.3 Å². The Balaban J connectivity index is 1.35. The maximum Gasteiger partial charge on any atom is 0.321 e. The highest BCUT2D eigenvalue weighted by atomic mass is 16.4. The van der Waals surface area contributed by atoms with Crippen LogP contribution in [-0.4, -0.2) is 26.7 Å². The van der Waals surface area contributed by atoms with E-state index in [1.807, 2.05) is 85.3 Å². The standard InChI is InChI=1S/C44H37N3O2/c48-42(49)41(46-43(34-19-7-1-8-20-34,35-21-9-2-10-22-35)36-23-11-3-12-24-36)31-40-32-47(33-45-40)44(37-25-13-4-14-26-37,38-27-15-5-16-28-38)39-29-17-6-18-30-39/h1-30,32-33,41,46H,31H2,(H,48,49). The van der Waals surface area contributed by atoms with Crippen LogP contribution in [0.5, 0.6) is 0 Å². The van der Waals surface area contributed by atoms with Crippen molar-refractivity contribution in [3.05, 3.63) is 234 Å². The predicted molar refractivity (Wildman–Crippen MR) is 194 cm³/mol. The summed E-state index contributed by atoms with van der Waals surface area (Å²) in [5, 5.41) is 14.5. The number of benzene rings is 6. The van der Waals surface area contributed by atoms with Gasteiger partial charge in [-0.25, -0.2) is 4.98 Å². The molecule has 0 saturated carbocycles. The van der Waals surface area contributed by atoms with Crippen LogP contribution >= 0.6 is 0 Å². The van der Waals surface area contributed by atoms with Crippen molar-refractivity contribution < 1.29 is 9.90 Å². The summed E-state index contributed by atoms with van der Waals surface area (Å²) in [7, 11) is 0. The van der Waals surface area contributed by atoms with Crippen LogP contribution in [0.4, 0.5) is 0 Å². The van der Waals surface area contributed by atoms with E-state index in [0.29, 0.717) is 5.69 Å². The normalized spacial score (nSPS) is 12.3. The first kappa shape index (κ1) is 31.6. The quantitative estimate of drug-likeness (QED) is 0.132. The van der Waals surface area contributed by atoms with Crippen molar-refractivity contribution in [2.75, 3.05) is 0 Å². The summed E-state index contributed by atoms with van der Waals surface area (Å²) < 4.78 is 2.13. The molecule has 5 nitrogen and oxygen atoms in total. The summed E-state index contributed by atoms with van der Waals surface area (Å²) in [5.41, 5.74) is 5.01. The van der Waals surface area contributed by atoms with E-state index in [-0.39, 0.29) is 6.42 Å². The second-order valence-electron chi connectivity index (χ2n) is 12.2. The van der Waals surface area contributed by atoms with Gasteiger partial charge in [0.05, 0.1) is 17.6 Å². The van der Waals surface area contributed by atoms with Gasteiger partial charge in [-0.15, -0.1) is 0 Å². The zero-order valence-electron chi connectivity index (χ0n) is 27.0. The van der Waals surface area contributed by atoms with E-state index in [1.54, 1.807) is 0 Å². The molecule has 0 spiro atoms. The monoisotopic (exact) mass is 639 g/mol. The van der Waals surface area contributed by atoms with Crippen LogP contribution in [0.3, 0.4) is 0 Å². The van der Waals surface area contributed by atoms with Crippen LogP contribution in [0.25, 0.3) is 0 Å². The average molecular weight is 640 g/mol. The summed E-state index contributed by atoms with van der Waals surface area (Å²) in [6, 6.07) is 60.4. The molecule has 7 rings (SSSR count). The Kier molecular flexibility index (Phi) is 9.00. The molecule has 0 aliphatic heterocycles. The largest absolute Gasteiger partial charge is 0.480 e. The molecule has 1 unspecified atom stereocenters. The number of aromatic nitrogens is 2. The first-order chi connectivity index (χ1) is 24.1. The number of carboxylic acid groups (broad SMARTS) is 1. The fourth-order valence-electron chi connectivity index (χ4n) is 7.12. The zero-order valence-corrected chi connectivity index (χ0v) is 27.0. The van der Waals surface area contributed by atoms with Gasteiger partial charge in [-0.3, -0.25) is 10.1 Å². The average Bonchev–Trinajstić information content (AvgIpc) is 3.64. The number of carbonyl (C=O) groups is 1. The van der Waals surface area contributed by atoms with Gasteiger partial charge in [0.1, 0.15) is 11.6 Å². The van der Waals surface area contributed by atoms with E-state index < -0.39 is 23.1 Å². The van der Waals surface area contributed by atoms with Gasteiger partial charge in [0.25, 0.3) is 0 Å². The molecular formula is C44H37N3O2. The zero-order chi connectivity index (χ0) is 33.5. The van der Waals surface area contributed by atoms with Gasteiger partial charge in [-0.1, -0.05) is 182 Å². The Hall–Kier alpha value is -6.04. The summed E-state index contributed by atoms with van der Waals surface area (Å²) in [6.07, 6.45) is 3.99. The highest BCUT2D eigenvalue weighted by Gasteiger charge is 2.41. The van der Waals surface area contributed by atoms with E-state index >= 15 is 0 Å². The van der Waals surface area contributed by atoms with Crippen LogP contribution in [0.15, 0.2) is 195 Å². The topological polar surface area (TPSA) is 67.1 Å². The first-order valence-corrected chi connectivity index (χ1v) is 16.5. The molecule has 0 bridgehead atoms. The van der Waals surface area contributed by atoms with Gasteiger partial charge in [-0.2, -0.15) is 0 Å². The molecule has 1 aromatic heterocycles. The Labute approximate surface area is 287 Å². The summed E-state index contributed by atoms with van der Waals surface area (Å²) in [4.78, 5) is 18.1. The molecule has 0 amide bonds. The van der Waals surface area contributed by atoms with Gasteiger partial charge in [0.15, 0.2) is 0 Å². The summed E-state index contributed by atoms with van der Waals surface area (Å²) in [6.45, 7) is 0. The van der Waals surface area contributed by atoms with Crippen molar-refractivity contribution in [1.29, 1.82) is 0 Å². The summed E-state index contributed by atoms with van der Waals surface area (Å²) in [5.74, 6) is -0.956. The number of carboxylic acids is 1. The molecule has 0 aliphatic rings. The molecule has 1 atom stereocenters. The van der Waals surface area contributed by atoms with Gasteiger partial charge in [0, 0.05) is 12.6 Å². The summed E-state index contributed by atoms with van der Waals surface area (Å²) >= 11 is 0. The molecular weight excluding hydrogens is 603 g/mol.